The Morgan fingerprint density at radius 2 is 2.00 bits per heavy atom. The first kappa shape index (κ1) is 17.9. The molecular formula is C17H20N2O4S. The van der Waals surface area contributed by atoms with Gasteiger partial charge in [-0.15, -0.1) is 11.3 Å². The quantitative estimate of drug-likeness (QED) is 0.777. The van der Waals surface area contributed by atoms with E-state index in [1.54, 1.807) is 6.07 Å². The zero-order valence-electron chi connectivity index (χ0n) is 13.7. The third-order valence-electron chi connectivity index (χ3n) is 3.33. The SMILES string of the molecule is CCCNC(=O)CN(C)C(=O)COC(=O)c1cc2ccccc2s1. The Balaban J connectivity index is 1.84. The summed E-state index contributed by atoms with van der Waals surface area (Å²) in [6, 6.07) is 9.37. The number of thiophene rings is 1. The minimum Gasteiger partial charge on any atom is -0.451 e. The van der Waals surface area contributed by atoms with Crippen LogP contribution in [0.3, 0.4) is 0 Å². The molecule has 0 aliphatic rings. The smallest absolute Gasteiger partial charge is 0.348 e. The molecule has 1 N–H and O–H groups in total. The molecule has 1 aromatic heterocycles. The summed E-state index contributed by atoms with van der Waals surface area (Å²) in [5, 5.41) is 3.65. The van der Waals surface area contributed by atoms with Gasteiger partial charge in [0.15, 0.2) is 6.61 Å². The highest BCUT2D eigenvalue weighted by Gasteiger charge is 2.17. The second-order valence-electron chi connectivity index (χ2n) is 5.32. The number of esters is 1. The van der Waals surface area contributed by atoms with E-state index in [9.17, 15) is 14.4 Å². The molecule has 1 heterocycles. The van der Waals surface area contributed by atoms with E-state index in [1.807, 2.05) is 31.2 Å². The van der Waals surface area contributed by atoms with Gasteiger partial charge in [0.25, 0.3) is 5.91 Å². The summed E-state index contributed by atoms with van der Waals surface area (Å²) in [6.07, 6.45) is 0.830. The van der Waals surface area contributed by atoms with E-state index in [0.29, 0.717) is 11.4 Å². The predicted molar refractivity (Wildman–Crippen MR) is 93.0 cm³/mol. The van der Waals surface area contributed by atoms with Gasteiger partial charge in [-0.05, 0) is 23.9 Å². The van der Waals surface area contributed by atoms with Crippen molar-refractivity contribution < 1.29 is 19.1 Å². The van der Waals surface area contributed by atoms with Crippen LogP contribution >= 0.6 is 11.3 Å². The van der Waals surface area contributed by atoms with Crippen LogP contribution in [0.1, 0.15) is 23.0 Å². The van der Waals surface area contributed by atoms with Gasteiger partial charge in [0.05, 0.1) is 6.54 Å². The lowest BCUT2D eigenvalue weighted by atomic mass is 10.2. The molecule has 0 unspecified atom stereocenters. The minimum absolute atomic E-state index is 0.0563. The van der Waals surface area contributed by atoms with Crippen molar-refractivity contribution in [2.24, 2.45) is 0 Å². The van der Waals surface area contributed by atoms with Gasteiger partial charge in [0.2, 0.25) is 5.91 Å². The number of hydrogen-bond acceptors (Lipinski definition) is 5. The maximum atomic E-state index is 12.0. The van der Waals surface area contributed by atoms with Gasteiger partial charge < -0.3 is 15.0 Å². The fraction of sp³-hybridized carbons (Fsp3) is 0.353. The van der Waals surface area contributed by atoms with E-state index in [1.165, 1.54) is 23.3 Å². The maximum Gasteiger partial charge on any atom is 0.348 e. The van der Waals surface area contributed by atoms with E-state index in [0.717, 1.165) is 16.5 Å². The van der Waals surface area contributed by atoms with Crippen LogP contribution in [0.4, 0.5) is 0 Å². The molecule has 0 aliphatic carbocycles. The Kier molecular flexibility index (Phi) is 6.31. The third-order valence-corrected chi connectivity index (χ3v) is 4.43. The molecule has 0 spiro atoms. The van der Waals surface area contributed by atoms with Crippen LogP contribution in [0.15, 0.2) is 30.3 Å². The number of nitrogens with one attached hydrogen (secondary N) is 1. The van der Waals surface area contributed by atoms with Crippen molar-refractivity contribution in [1.29, 1.82) is 0 Å². The highest BCUT2D eigenvalue weighted by Crippen LogP contribution is 2.25. The van der Waals surface area contributed by atoms with Crippen molar-refractivity contribution in [3.63, 3.8) is 0 Å². The van der Waals surface area contributed by atoms with Gasteiger partial charge >= 0.3 is 5.97 Å². The van der Waals surface area contributed by atoms with Crippen LogP contribution in [0.25, 0.3) is 10.1 Å². The van der Waals surface area contributed by atoms with Crippen LogP contribution in [0.5, 0.6) is 0 Å². The number of hydrogen-bond donors (Lipinski definition) is 1. The fourth-order valence-electron chi connectivity index (χ4n) is 2.01. The lowest BCUT2D eigenvalue weighted by molar-refractivity contribution is -0.137. The monoisotopic (exact) mass is 348 g/mol. The molecule has 128 valence electrons. The van der Waals surface area contributed by atoms with Crippen LogP contribution < -0.4 is 5.32 Å². The number of nitrogens with zero attached hydrogens (tertiary/aromatic N) is 1. The second-order valence-corrected chi connectivity index (χ2v) is 6.41. The molecule has 0 radical (unpaired) electrons. The number of rotatable bonds is 7. The summed E-state index contributed by atoms with van der Waals surface area (Å²) in [4.78, 5) is 37.2. The van der Waals surface area contributed by atoms with Crippen LogP contribution in [0, 0.1) is 0 Å². The number of ether oxygens (including phenoxy) is 1. The molecule has 2 rings (SSSR count). The highest BCUT2D eigenvalue weighted by atomic mass is 32.1. The zero-order chi connectivity index (χ0) is 17.5. The van der Waals surface area contributed by atoms with Crippen molar-refractivity contribution in [3.8, 4) is 0 Å². The van der Waals surface area contributed by atoms with E-state index < -0.39 is 11.9 Å². The van der Waals surface area contributed by atoms with Crippen molar-refractivity contribution >= 4 is 39.2 Å². The van der Waals surface area contributed by atoms with Crippen LogP contribution in [0.2, 0.25) is 0 Å². The Bertz CT molecular complexity index is 708. The number of amides is 2. The molecule has 0 fully saturated rings. The van der Waals surface area contributed by atoms with E-state index >= 15 is 0 Å². The lowest BCUT2D eigenvalue weighted by Crippen LogP contribution is -2.40. The largest absolute Gasteiger partial charge is 0.451 e. The van der Waals surface area contributed by atoms with E-state index in [2.05, 4.69) is 5.32 Å². The van der Waals surface area contributed by atoms with Gasteiger partial charge in [-0.1, -0.05) is 25.1 Å². The van der Waals surface area contributed by atoms with E-state index in [4.69, 9.17) is 4.74 Å². The highest BCUT2D eigenvalue weighted by molar-refractivity contribution is 7.20. The number of carbonyl (C=O) groups excluding carboxylic acids is 3. The van der Waals surface area contributed by atoms with Gasteiger partial charge in [-0.2, -0.15) is 0 Å². The van der Waals surface area contributed by atoms with Crippen LogP contribution in [-0.4, -0.2) is 49.4 Å². The molecule has 1 aromatic carbocycles. The molecule has 0 atom stereocenters. The first-order valence-corrected chi connectivity index (χ1v) is 8.49. The fourth-order valence-corrected chi connectivity index (χ4v) is 2.97. The molecule has 2 aromatic rings. The van der Waals surface area contributed by atoms with Gasteiger partial charge in [-0.25, -0.2) is 4.79 Å². The van der Waals surface area contributed by atoms with E-state index in [-0.39, 0.29) is 19.1 Å². The summed E-state index contributed by atoms with van der Waals surface area (Å²) in [5.74, 6) is -1.19. The average molecular weight is 348 g/mol. The van der Waals surface area contributed by atoms with Crippen molar-refractivity contribution in [1.82, 2.24) is 10.2 Å². The number of benzene rings is 1. The first-order valence-electron chi connectivity index (χ1n) is 7.67. The molecule has 2 amide bonds. The molecule has 0 bridgehead atoms. The normalized spacial score (nSPS) is 10.4. The van der Waals surface area contributed by atoms with Crippen LogP contribution in [-0.2, 0) is 14.3 Å². The third kappa shape index (κ3) is 4.79. The molecule has 0 saturated heterocycles. The summed E-state index contributed by atoms with van der Waals surface area (Å²) >= 11 is 1.32. The number of fused-ring (bicyclic) bond motifs is 1. The second kappa shape index (κ2) is 8.44. The number of likely N-dealkylation sites (N-methyl/N-ethyl adjacent to an activating group) is 1. The summed E-state index contributed by atoms with van der Waals surface area (Å²) in [5.41, 5.74) is 0. The molecule has 24 heavy (non-hydrogen) atoms. The molecular weight excluding hydrogens is 328 g/mol. The van der Waals surface area contributed by atoms with Crippen molar-refractivity contribution in [2.75, 3.05) is 26.7 Å². The average Bonchev–Trinajstić information content (AvgIpc) is 3.01. The molecule has 0 aliphatic heterocycles. The minimum atomic E-state index is -0.534. The Labute approximate surface area is 144 Å². The zero-order valence-corrected chi connectivity index (χ0v) is 14.5. The maximum absolute atomic E-state index is 12.0. The standard InChI is InChI=1S/C17H20N2O4S/c1-3-8-18-15(20)10-19(2)16(21)11-23-17(22)14-9-12-6-4-5-7-13(12)24-14/h4-7,9H,3,8,10-11H2,1-2H3,(H,18,20). The lowest BCUT2D eigenvalue weighted by Gasteiger charge is -2.16. The van der Waals surface area contributed by atoms with Gasteiger partial charge in [-0.3, -0.25) is 9.59 Å². The molecule has 0 saturated carbocycles. The first-order chi connectivity index (χ1) is 11.5. The van der Waals surface area contributed by atoms with Gasteiger partial charge in [0.1, 0.15) is 4.88 Å². The molecule has 7 heteroatoms. The number of carbonyl (C=O) groups is 3. The van der Waals surface area contributed by atoms with Crippen molar-refractivity contribution in [3.05, 3.63) is 35.2 Å². The molecule has 6 nitrogen and oxygen atoms in total. The predicted octanol–water partition coefficient (Wildman–Crippen LogP) is 2.04. The Hall–Kier alpha value is -2.41. The van der Waals surface area contributed by atoms with Crippen molar-refractivity contribution in [2.45, 2.75) is 13.3 Å². The summed E-state index contributed by atoms with van der Waals surface area (Å²) in [6.45, 7) is 2.08. The van der Waals surface area contributed by atoms with Gasteiger partial charge in [0, 0.05) is 18.3 Å². The Morgan fingerprint density at radius 3 is 2.71 bits per heavy atom. The summed E-state index contributed by atoms with van der Waals surface area (Å²) < 4.78 is 6.04. The topological polar surface area (TPSA) is 75.7 Å². The Morgan fingerprint density at radius 1 is 1.25 bits per heavy atom. The summed E-state index contributed by atoms with van der Waals surface area (Å²) in [7, 11) is 1.50.